The van der Waals surface area contributed by atoms with Crippen molar-refractivity contribution in [2.24, 2.45) is 0 Å². The van der Waals surface area contributed by atoms with Gasteiger partial charge in [-0.1, -0.05) is 6.07 Å². The highest BCUT2D eigenvalue weighted by molar-refractivity contribution is 5.58. The highest BCUT2D eigenvalue weighted by Gasteiger charge is 2.04. The molecule has 0 aliphatic heterocycles. The van der Waals surface area contributed by atoms with Gasteiger partial charge in [0.05, 0.1) is 5.69 Å². The maximum absolute atomic E-state index is 13.1. The van der Waals surface area contributed by atoms with E-state index in [1.807, 2.05) is 6.07 Å². The summed E-state index contributed by atoms with van der Waals surface area (Å²) in [7, 11) is 0. The zero-order valence-corrected chi connectivity index (χ0v) is 6.74. The molecule has 0 aliphatic carbocycles. The topological polar surface area (TPSA) is 25.8 Å². The molecule has 0 N–H and O–H groups in total. The summed E-state index contributed by atoms with van der Waals surface area (Å²) in [6, 6.07) is 6.91. The van der Waals surface area contributed by atoms with Gasteiger partial charge in [0.15, 0.2) is 5.82 Å². The molecule has 1 radical (unpaired) electrons. The Labute approximate surface area is 75.1 Å². The van der Waals surface area contributed by atoms with Gasteiger partial charge in [-0.3, -0.25) is 9.97 Å². The summed E-state index contributed by atoms with van der Waals surface area (Å²) >= 11 is 0. The Morgan fingerprint density at radius 3 is 2.77 bits per heavy atom. The van der Waals surface area contributed by atoms with Crippen LogP contribution in [0.25, 0.3) is 11.3 Å². The van der Waals surface area contributed by atoms with Crippen molar-refractivity contribution < 1.29 is 4.39 Å². The number of nitrogens with zero attached hydrogens (tertiary/aromatic N) is 2. The lowest BCUT2D eigenvalue weighted by molar-refractivity contribution is 0.621. The second-order valence-electron chi connectivity index (χ2n) is 2.50. The number of hydrogen-bond acceptors (Lipinski definition) is 2. The molecule has 0 unspecified atom stereocenters. The zero-order chi connectivity index (χ0) is 9.10. The van der Waals surface area contributed by atoms with Gasteiger partial charge in [0.25, 0.3) is 0 Å². The fraction of sp³-hybridized carbons (Fsp3) is 0. The van der Waals surface area contributed by atoms with Crippen LogP contribution in [-0.4, -0.2) is 9.97 Å². The van der Waals surface area contributed by atoms with Gasteiger partial charge in [0.1, 0.15) is 6.20 Å². The first-order valence-electron chi connectivity index (χ1n) is 3.81. The minimum absolute atomic E-state index is 0.426. The molecule has 0 spiro atoms. The number of aromatic nitrogens is 2. The van der Waals surface area contributed by atoms with Gasteiger partial charge in [-0.05, 0) is 18.2 Å². The standard InChI is InChI=1S/C10H6FN2/c11-9-7-12-6-4-8(9)10-3-1-2-5-13-10/h1-6H. The molecule has 0 saturated heterocycles. The average molecular weight is 173 g/mol. The summed E-state index contributed by atoms with van der Waals surface area (Å²) in [5.41, 5.74) is 1.02. The first-order valence-corrected chi connectivity index (χ1v) is 3.81. The molecule has 0 amide bonds. The van der Waals surface area contributed by atoms with E-state index >= 15 is 0 Å². The number of pyridine rings is 2. The summed E-state index contributed by atoms with van der Waals surface area (Å²) in [5, 5.41) is 0. The average Bonchev–Trinajstić information content (AvgIpc) is 2.20. The fourth-order valence-corrected chi connectivity index (χ4v) is 1.06. The van der Waals surface area contributed by atoms with E-state index in [0.717, 1.165) is 0 Å². The molecule has 0 aromatic carbocycles. The Hall–Kier alpha value is -1.77. The molecule has 2 heterocycles. The Morgan fingerprint density at radius 2 is 2.08 bits per heavy atom. The molecule has 0 aliphatic rings. The normalized spacial score (nSPS) is 9.92. The second-order valence-corrected chi connectivity index (χ2v) is 2.50. The van der Waals surface area contributed by atoms with Gasteiger partial charge < -0.3 is 0 Å². The molecule has 3 heteroatoms. The molecular weight excluding hydrogens is 167 g/mol. The third kappa shape index (κ3) is 1.54. The van der Waals surface area contributed by atoms with E-state index in [-0.39, 0.29) is 0 Å². The van der Waals surface area contributed by atoms with Crippen molar-refractivity contribution in [3.63, 3.8) is 0 Å². The van der Waals surface area contributed by atoms with Crippen molar-refractivity contribution in [3.05, 3.63) is 48.7 Å². The Balaban J connectivity index is 2.54. The summed E-state index contributed by atoms with van der Waals surface area (Å²) < 4.78 is 13.1. The van der Waals surface area contributed by atoms with Crippen LogP contribution in [0.2, 0.25) is 0 Å². The van der Waals surface area contributed by atoms with E-state index in [9.17, 15) is 4.39 Å². The number of rotatable bonds is 1. The minimum atomic E-state index is -0.471. The van der Waals surface area contributed by atoms with Crippen LogP contribution in [0.4, 0.5) is 4.39 Å². The molecule has 2 aromatic heterocycles. The van der Waals surface area contributed by atoms with Crippen molar-refractivity contribution in [1.29, 1.82) is 0 Å². The van der Waals surface area contributed by atoms with Gasteiger partial charge in [-0.2, -0.15) is 0 Å². The first-order chi connectivity index (χ1) is 6.38. The molecule has 63 valence electrons. The van der Waals surface area contributed by atoms with Crippen molar-refractivity contribution in [2.45, 2.75) is 0 Å². The monoisotopic (exact) mass is 173 g/mol. The predicted octanol–water partition coefficient (Wildman–Crippen LogP) is 2.08. The Morgan fingerprint density at radius 1 is 1.15 bits per heavy atom. The second kappa shape index (κ2) is 3.31. The summed E-state index contributed by atoms with van der Waals surface area (Å²) in [4.78, 5) is 7.56. The molecule has 2 rings (SSSR count). The molecule has 2 nitrogen and oxygen atoms in total. The van der Waals surface area contributed by atoms with Gasteiger partial charge in [-0.25, -0.2) is 4.39 Å². The van der Waals surface area contributed by atoms with Crippen LogP contribution in [0.15, 0.2) is 36.7 Å². The molecule has 13 heavy (non-hydrogen) atoms. The van der Waals surface area contributed by atoms with E-state index in [2.05, 4.69) is 16.2 Å². The van der Waals surface area contributed by atoms with Crippen LogP contribution in [0.3, 0.4) is 0 Å². The molecular formula is C10H6FN2. The maximum Gasteiger partial charge on any atom is 0.160 e. The fourth-order valence-electron chi connectivity index (χ4n) is 1.06. The van der Waals surface area contributed by atoms with Crippen LogP contribution in [0, 0.1) is 12.0 Å². The molecule has 0 fully saturated rings. The van der Waals surface area contributed by atoms with E-state index in [4.69, 9.17) is 0 Å². The number of halogens is 1. The van der Waals surface area contributed by atoms with Crippen LogP contribution >= 0.6 is 0 Å². The third-order valence-electron chi connectivity index (χ3n) is 1.66. The lowest BCUT2D eigenvalue weighted by Gasteiger charge is -1.99. The van der Waals surface area contributed by atoms with Gasteiger partial charge in [0.2, 0.25) is 0 Å². The van der Waals surface area contributed by atoms with Crippen molar-refractivity contribution in [2.75, 3.05) is 0 Å². The smallest absolute Gasteiger partial charge is 0.160 e. The summed E-state index contributed by atoms with van der Waals surface area (Å²) in [6.07, 6.45) is 5.36. The highest BCUT2D eigenvalue weighted by Crippen LogP contribution is 2.17. The highest BCUT2D eigenvalue weighted by atomic mass is 19.1. The Kier molecular flexibility index (Phi) is 2.00. The van der Waals surface area contributed by atoms with Crippen LogP contribution in [-0.2, 0) is 0 Å². The van der Waals surface area contributed by atoms with Crippen LogP contribution < -0.4 is 0 Å². The lowest BCUT2D eigenvalue weighted by atomic mass is 10.2. The zero-order valence-electron chi connectivity index (χ0n) is 6.74. The van der Waals surface area contributed by atoms with Crippen molar-refractivity contribution >= 4 is 0 Å². The molecule has 0 atom stereocenters. The molecule has 0 bridgehead atoms. The first kappa shape index (κ1) is 7.86. The van der Waals surface area contributed by atoms with Gasteiger partial charge in [-0.15, -0.1) is 0 Å². The van der Waals surface area contributed by atoms with Crippen molar-refractivity contribution in [3.8, 4) is 11.3 Å². The van der Waals surface area contributed by atoms with Crippen LogP contribution in [0.1, 0.15) is 0 Å². The van der Waals surface area contributed by atoms with Crippen LogP contribution in [0.5, 0.6) is 0 Å². The predicted molar refractivity (Wildman–Crippen MR) is 46.3 cm³/mol. The maximum atomic E-state index is 13.1. The largest absolute Gasteiger partial charge is 0.256 e. The van der Waals surface area contributed by atoms with Crippen molar-refractivity contribution in [1.82, 2.24) is 9.97 Å². The third-order valence-corrected chi connectivity index (χ3v) is 1.66. The SMILES string of the molecule is Fc1[c]nccc1-c1ccccn1. The quantitative estimate of drug-likeness (QED) is 0.659. The van der Waals surface area contributed by atoms with E-state index in [0.29, 0.717) is 11.3 Å². The molecule has 0 saturated carbocycles. The van der Waals surface area contributed by atoms with Gasteiger partial charge in [0, 0.05) is 18.0 Å². The molecule has 2 aromatic rings. The van der Waals surface area contributed by atoms with E-state index in [1.165, 1.54) is 6.20 Å². The lowest BCUT2D eigenvalue weighted by Crippen LogP contribution is -1.87. The number of hydrogen-bond donors (Lipinski definition) is 0. The van der Waals surface area contributed by atoms with E-state index in [1.54, 1.807) is 24.4 Å². The summed E-state index contributed by atoms with van der Waals surface area (Å²) in [6.45, 7) is 0. The minimum Gasteiger partial charge on any atom is -0.256 e. The summed E-state index contributed by atoms with van der Waals surface area (Å²) in [5.74, 6) is -0.471. The van der Waals surface area contributed by atoms with Gasteiger partial charge >= 0.3 is 0 Å². The Bertz CT molecular complexity index is 401. The van der Waals surface area contributed by atoms with E-state index < -0.39 is 5.82 Å².